The highest BCUT2D eigenvalue weighted by atomic mass is 16.5. The van der Waals surface area contributed by atoms with Gasteiger partial charge in [0.15, 0.2) is 0 Å². The van der Waals surface area contributed by atoms with E-state index in [1.807, 2.05) is 19.1 Å². The SMILES string of the molecule is CCCc1nc2ccc(C(=O)OCC)cc2cc1CC. The second-order valence-electron chi connectivity index (χ2n) is 4.83. The summed E-state index contributed by atoms with van der Waals surface area (Å²) in [5.41, 5.74) is 3.97. The van der Waals surface area contributed by atoms with Crippen molar-refractivity contribution in [3.8, 4) is 0 Å². The molecule has 0 aliphatic heterocycles. The third kappa shape index (κ3) is 2.98. The van der Waals surface area contributed by atoms with Crippen LogP contribution in [-0.4, -0.2) is 17.6 Å². The highest BCUT2D eigenvalue weighted by Crippen LogP contribution is 2.20. The smallest absolute Gasteiger partial charge is 0.338 e. The molecule has 0 bridgehead atoms. The Bertz CT molecular complexity index is 620. The molecule has 0 saturated carbocycles. The quantitative estimate of drug-likeness (QED) is 0.773. The molecule has 1 aromatic heterocycles. The van der Waals surface area contributed by atoms with Crippen LogP contribution in [0.1, 0.15) is 48.8 Å². The molecule has 0 spiro atoms. The third-order valence-electron chi connectivity index (χ3n) is 3.36. The molecule has 106 valence electrons. The number of pyridine rings is 1. The fourth-order valence-electron chi connectivity index (χ4n) is 2.36. The molecular weight excluding hydrogens is 250 g/mol. The minimum Gasteiger partial charge on any atom is -0.462 e. The van der Waals surface area contributed by atoms with Crippen molar-refractivity contribution in [3.05, 3.63) is 41.1 Å². The zero-order chi connectivity index (χ0) is 14.5. The first-order valence-electron chi connectivity index (χ1n) is 7.29. The Kier molecular flexibility index (Phi) is 4.72. The number of hydrogen-bond acceptors (Lipinski definition) is 3. The molecule has 0 saturated heterocycles. The van der Waals surface area contributed by atoms with Gasteiger partial charge in [-0.05, 0) is 49.6 Å². The predicted octanol–water partition coefficient (Wildman–Crippen LogP) is 3.93. The number of nitrogens with zero attached hydrogens (tertiary/aromatic N) is 1. The lowest BCUT2D eigenvalue weighted by Gasteiger charge is -2.09. The molecule has 1 heterocycles. The van der Waals surface area contributed by atoms with Crippen molar-refractivity contribution in [2.24, 2.45) is 0 Å². The second kappa shape index (κ2) is 6.51. The van der Waals surface area contributed by atoms with E-state index in [1.165, 1.54) is 11.3 Å². The molecule has 0 radical (unpaired) electrons. The zero-order valence-corrected chi connectivity index (χ0v) is 12.4. The molecule has 0 atom stereocenters. The number of fused-ring (bicyclic) bond motifs is 1. The van der Waals surface area contributed by atoms with Crippen LogP contribution in [0.25, 0.3) is 10.9 Å². The van der Waals surface area contributed by atoms with Crippen molar-refractivity contribution in [3.63, 3.8) is 0 Å². The molecule has 0 aliphatic carbocycles. The highest BCUT2D eigenvalue weighted by molar-refractivity contribution is 5.94. The number of carbonyl (C=O) groups excluding carboxylic acids is 1. The number of benzene rings is 1. The number of esters is 1. The van der Waals surface area contributed by atoms with Crippen LogP contribution < -0.4 is 0 Å². The maximum atomic E-state index is 11.8. The highest BCUT2D eigenvalue weighted by Gasteiger charge is 2.10. The number of rotatable bonds is 5. The molecule has 0 aliphatic rings. The molecule has 0 N–H and O–H groups in total. The van der Waals surface area contributed by atoms with E-state index in [1.54, 1.807) is 6.07 Å². The lowest BCUT2D eigenvalue weighted by atomic mass is 10.0. The number of hydrogen-bond donors (Lipinski definition) is 0. The van der Waals surface area contributed by atoms with E-state index in [2.05, 4.69) is 19.9 Å². The van der Waals surface area contributed by atoms with Crippen LogP contribution in [0, 0.1) is 0 Å². The summed E-state index contributed by atoms with van der Waals surface area (Å²) >= 11 is 0. The van der Waals surface area contributed by atoms with Gasteiger partial charge in [0.25, 0.3) is 0 Å². The third-order valence-corrected chi connectivity index (χ3v) is 3.36. The van der Waals surface area contributed by atoms with Crippen LogP contribution in [0.3, 0.4) is 0 Å². The van der Waals surface area contributed by atoms with E-state index in [0.29, 0.717) is 12.2 Å². The summed E-state index contributed by atoms with van der Waals surface area (Å²) in [6.45, 7) is 6.50. The van der Waals surface area contributed by atoms with Crippen molar-refractivity contribution < 1.29 is 9.53 Å². The molecule has 20 heavy (non-hydrogen) atoms. The number of aryl methyl sites for hydroxylation is 2. The van der Waals surface area contributed by atoms with E-state index in [-0.39, 0.29) is 5.97 Å². The van der Waals surface area contributed by atoms with Gasteiger partial charge >= 0.3 is 5.97 Å². The molecular formula is C17H21NO2. The van der Waals surface area contributed by atoms with Crippen molar-refractivity contribution >= 4 is 16.9 Å². The van der Waals surface area contributed by atoms with Gasteiger partial charge in [-0.2, -0.15) is 0 Å². The summed E-state index contributed by atoms with van der Waals surface area (Å²) < 4.78 is 5.04. The Hall–Kier alpha value is -1.90. The van der Waals surface area contributed by atoms with E-state index in [4.69, 9.17) is 9.72 Å². The summed E-state index contributed by atoms with van der Waals surface area (Å²) in [7, 11) is 0. The van der Waals surface area contributed by atoms with Crippen LogP contribution in [0.5, 0.6) is 0 Å². The first kappa shape index (κ1) is 14.5. The summed E-state index contributed by atoms with van der Waals surface area (Å²) in [5.74, 6) is -0.273. The van der Waals surface area contributed by atoms with Gasteiger partial charge in [0.05, 0.1) is 17.7 Å². The molecule has 0 unspecified atom stereocenters. The van der Waals surface area contributed by atoms with Crippen LogP contribution >= 0.6 is 0 Å². The van der Waals surface area contributed by atoms with Crippen LogP contribution in [0.15, 0.2) is 24.3 Å². The van der Waals surface area contributed by atoms with Crippen LogP contribution in [0.2, 0.25) is 0 Å². The molecule has 2 aromatic rings. The average Bonchev–Trinajstić information content (AvgIpc) is 2.46. The number of aromatic nitrogens is 1. The Morgan fingerprint density at radius 2 is 2.00 bits per heavy atom. The minimum atomic E-state index is -0.273. The lowest BCUT2D eigenvalue weighted by Crippen LogP contribution is -2.05. The van der Waals surface area contributed by atoms with Crippen LogP contribution in [-0.2, 0) is 17.6 Å². The average molecular weight is 271 g/mol. The summed E-state index contributed by atoms with van der Waals surface area (Å²) in [4.78, 5) is 16.5. The second-order valence-corrected chi connectivity index (χ2v) is 4.83. The van der Waals surface area contributed by atoms with Gasteiger partial charge in [0, 0.05) is 11.1 Å². The molecule has 0 fully saturated rings. The van der Waals surface area contributed by atoms with Crippen LogP contribution in [0.4, 0.5) is 0 Å². The maximum Gasteiger partial charge on any atom is 0.338 e. The molecule has 2 rings (SSSR count). The predicted molar refractivity (Wildman–Crippen MR) is 81.1 cm³/mol. The molecule has 0 amide bonds. The van der Waals surface area contributed by atoms with E-state index in [0.717, 1.165) is 30.2 Å². The van der Waals surface area contributed by atoms with Gasteiger partial charge in [0.2, 0.25) is 0 Å². The van der Waals surface area contributed by atoms with Crippen molar-refractivity contribution in [2.75, 3.05) is 6.61 Å². The van der Waals surface area contributed by atoms with Gasteiger partial charge in [-0.1, -0.05) is 20.3 Å². The molecule has 3 heteroatoms. The Labute approximate surface area is 120 Å². The minimum absolute atomic E-state index is 0.273. The standard InChI is InChI=1S/C17H21NO2/c1-4-7-15-12(5-2)10-14-11-13(17(19)20-6-3)8-9-16(14)18-15/h8-11H,4-7H2,1-3H3. The topological polar surface area (TPSA) is 39.2 Å². The number of ether oxygens (including phenoxy) is 1. The van der Waals surface area contributed by atoms with Gasteiger partial charge in [0.1, 0.15) is 0 Å². The Balaban J connectivity index is 2.47. The van der Waals surface area contributed by atoms with Gasteiger partial charge in [-0.25, -0.2) is 4.79 Å². The fraction of sp³-hybridized carbons (Fsp3) is 0.412. The first-order valence-corrected chi connectivity index (χ1v) is 7.29. The molecule has 1 aromatic carbocycles. The largest absolute Gasteiger partial charge is 0.462 e. The van der Waals surface area contributed by atoms with Gasteiger partial charge in [-0.15, -0.1) is 0 Å². The van der Waals surface area contributed by atoms with Gasteiger partial charge < -0.3 is 4.74 Å². The molecule has 3 nitrogen and oxygen atoms in total. The Morgan fingerprint density at radius 1 is 1.20 bits per heavy atom. The summed E-state index contributed by atoms with van der Waals surface area (Å²) in [6.07, 6.45) is 3.05. The zero-order valence-electron chi connectivity index (χ0n) is 12.4. The summed E-state index contributed by atoms with van der Waals surface area (Å²) in [6, 6.07) is 7.71. The van der Waals surface area contributed by atoms with Crippen molar-refractivity contribution in [2.45, 2.75) is 40.0 Å². The Morgan fingerprint density at radius 3 is 2.65 bits per heavy atom. The van der Waals surface area contributed by atoms with Crippen molar-refractivity contribution in [1.82, 2.24) is 4.98 Å². The number of carbonyl (C=O) groups is 1. The van der Waals surface area contributed by atoms with E-state index >= 15 is 0 Å². The first-order chi connectivity index (χ1) is 9.69. The van der Waals surface area contributed by atoms with Gasteiger partial charge in [-0.3, -0.25) is 4.98 Å². The van der Waals surface area contributed by atoms with Crippen molar-refractivity contribution in [1.29, 1.82) is 0 Å². The lowest BCUT2D eigenvalue weighted by molar-refractivity contribution is 0.0526. The summed E-state index contributed by atoms with van der Waals surface area (Å²) in [5, 5.41) is 1.01. The normalized spacial score (nSPS) is 10.8. The monoisotopic (exact) mass is 271 g/mol. The van der Waals surface area contributed by atoms with E-state index < -0.39 is 0 Å². The fourth-order valence-corrected chi connectivity index (χ4v) is 2.36. The maximum absolute atomic E-state index is 11.8. The van der Waals surface area contributed by atoms with E-state index in [9.17, 15) is 4.79 Å².